The summed E-state index contributed by atoms with van der Waals surface area (Å²) in [6.07, 6.45) is 0.369. The first kappa shape index (κ1) is 27.0. The van der Waals surface area contributed by atoms with Crippen LogP contribution < -0.4 is 10.1 Å². The number of ether oxygens (including phenoxy) is 3. The lowest BCUT2D eigenvalue weighted by Crippen LogP contribution is -2.50. The third kappa shape index (κ3) is 9.87. The van der Waals surface area contributed by atoms with E-state index in [1.165, 1.54) is 5.56 Å². The number of carbonyl (C=O) groups is 3. The molecular formula is C24H31NO6S. The fourth-order valence-corrected chi connectivity index (χ4v) is 2.79. The van der Waals surface area contributed by atoms with Crippen LogP contribution in [0.1, 0.15) is 25.0 Å². The van der Waals surface area contributed by atoms with Crippen molar-refractivity contribution < 1.29 is 28.6 Å². The fraction of sp³-hybridized carbons (Fsp3) is 0.375. The summed E-state index contributed by atoms with van der Waals surface area (Å²) >= 11 is 4.24. The van der Waals surface area contributed by atoms with Crippen molar-refractivity contribution in [2.24, 2.45) is 0 Å². The molecule has 1 N–H and O–H groups in total. The zero-order valence-electron chi connectivity index (χ0n) is 18.9. The second-order valence-electron chi connectivity index (χ2n) is 6.67. The molecule has 7 nitrogen and oxygen atoms in total. The standard InChI is InChI=1S/C16H21NO5S.C8H10O/c1-3-21-15(19)13(16(20)22-4-2)17-14(18)12(23)10-11-8-6-5-7-9-11;1-7-3-5-8(9-2)6-4-7/h5-9,12-13,23H,3-4,10H2,1-2H3,(H,17,18);3-6H,1-2H3. The first-order valence-corrected chi connectivity index (χ1v) is 10.8. The minimum atomic E-state index is -1.48. The lowest BCUT2D eigenvalue weighted by molar-refractivity contribution is -0.159. The third-order valence-electron chi connectivity index (χ3n) is 4.16. The number of hydrogen-bond donors (Lipinski definition) is 2. The maximum absolute atomic E-state index is 12.2. The minimum Gasteiger partial charge on any atom is -0.497 e. The van der Waals surface area contributed by atoms with E-state index in [0.717, 1.165) is 11.3 Å². The molecule has 0 saturated heterocycles. The van der Waals surface area contributed by atoms with Gasteiger partial charge in [0.25, 0.3) is 0 Å². The largest absolute Gasteiger partial charge is 0.497 e. The first-order valence-electron chi connectivity index (χ1n) is 10.3. The Labute approximate surface area is 194 Å². The zero-order chi connectivity index (χ0) is 23.9. The van der Waals surface area contributed by atoms with E-state index >= 15 is 0 Å². The molecule has 2 aromatic rings. The Morgan fingerprint density at radius 1 is 0.906 bits per heavy atom. The summed E-state index contributed by atoms with van der Waals surface area (Å²) in [5, 5.41) is 1.64. The second kappa shape index (κ2) is 14.9. The van der Waals surface area contributed by atoms with Crippen LogP contribution in [0.2, 0.25) is 0 Å². The fourth-order valence-electron chi connectivity index (χ4n) is 2.51. The van der Waals surface area contributed by atoms with Crippen molar-refractivity contribution in [2.45, 2.75) is 38.5 Å². The van der Waals surface area contributed by atoms with Crippen LogP contribution in [-0.4, -0.2) is 49.5 Å². The molecule has 0 bridgehead atoms. The maximum atomic E-state index is 12.2. The van der Waals surface area contributed by atoms with Gasteiger partial charge in [-0.15, -0.1) is 0 Å². The van der Waals surface area contributed by atoms with Gasteiger partial charge >= 0.3 is 11.9 Å². The number of methoxy groups -OCH3 is 1. The number of carbonyl (C=O) groups excluding carboxylic acids is 3. The van der Waals surface area contributed by atoms with E-state index in [1.54, 1.807) is 21.0 Å². The van der Waals surface area contributed by atoms with Crippen LogP contribution >= 0.6 is 12.6 Å². The SMILES string of the molecule is CCOC(=O)C(NC(=O)C(S)Cc1ccccc1)C(=O)OCC.COc1ccc(C)cc1. The van der Waals surface area contributed by atoms with Crippen molar-refractivity contribution in [2.75, 3.05) is 20.3 Å². The van der Waals surface area contributed by atoms with Gasteiger partial charge in [-0.2, -0.15) is 12.6 Å². The molecule has 8 heteroatoms. The van der Waals surface area contributed by atoms with Crippen molar-refractivity contribution >= 4 is 30.5 Å². The number of nitrogens with one attached hydrogen (secondary N) is 1. The lowest BCUT2D eigenvalue weighted by Gasteiger charge is -2.18. The van der Waals surface area contributed by atoms with Gasteiger partial charge in [-0.05, 0) is 44.9 Å². The van der Waals surface area contributed by atoms with Gasteiger partial charge in [0.1, 0.15) is 5.75 Å². The summed E-state index contributed by atoms with van der Waals surface area (Å²) in [5.41, 5.74) is 2.18. The van der Waals surface area contributed by atoms with Crippen LogP contribution in [0.5, 0.6) is 5.75 Å². The first-order chi connectivity index (χ1) is 15.3. The summed E-state index contributed by atoms with van der Waals surface area (Å²) in [5.74, 6) is -1.32. The molecule has 0 aliphatic rings. The summed E-state index contributed by atoms with van der Waals surface area (Å²) in [4.78, 5) is 35.8. The molecule has 1 unspecified atom stereocenters. The molecule has 0 aliphatic heterocycles. The summed E-state index contributed by atoms with van der Waals surface area (Å²) in [6, 6.07) is 15.8. The van der Waals surface area contributed by atoms with E-state index in [2.05, 4.69) is 24.9 Å². The molecule has 2 rings (SSSR count). The van der Waals surface area contributed by atoms with Crippen molar-refractivity contribution in [1.82, 2.24) is 5.32 Å². The highest BCUT2D eigenvalue weighted by Gasteiger charge is 2.32. The van der Waals surface area contributed by atoms with Crippen molar-refractivity contribution in [3.63, 3.8) is 0 Å². The van der Waals surface area contributed by atoms with Gasteiger partial charge in [0.15, 0.2) is 0 Å². The molecule has 0 radical (unpaired) electrons. The quantitative estimate of drug-likeness (QED) is 0.339. The van der Waals surface area contributed by atoms with Gasteiger partial charge < -0.3 is 19.5 Å². The smallest absolute Gasteiger partial charge is 0.340 e. The summed E-state index contributed by atoms with van der Waals surface area (Å²) in [7, 11) is 1.67. The molecule has 2 aromatic carbocycles. The number of amides is 1. The third-order valence-corrected chi connectivity index (χ3v) is 4.58. The highest BCUT2D eigenvalue weighted by atomic mass is 32.1. The summed E-state index contributed by atoms with van der Waals surface area (Å²) < 4.78 is 14.6. The molecule has 174 valence electrons. The molecular weight excluding hydrogens is 430 g/mol. The van der Waals surface area contributed by atoms with Crippen LogP contribution in [0.4, 0.5) is 0 Å². The molecule has 0 aliphatic carbocycles. The monoisotopic (exact) mass is 461 g/mol. The van der Waals surface area contributed by atoms with Gasteiger partial charge in [-0.3, -0.25) is 4.79 Å². The average Bonchev–Trinajstić information content (AvgIpc) is 2.79. The molecule has 0 aromatic heterocycles. The van der Waals surface area contributed by atoms with Crippen molar-refractivity contribution in [3.8, 4) is 5.75 Å². The maximum Gasteiger partial charge on any atom is 0.340 e. The number of thiol groups is 1. The molecule has 0 fully saturated rings. The molecule has 1 amide bonds. The van der Waals surface area contributed by atoms with E-state index in [1.807, 2.05) is 54.6 Å². The van der Waals surface area contributed by atoms with E-state index in [4.69, 9.17) is 14.2 Å². The zero-order valence-corrected chi connectivity index (χ0v) is 19.8. The number of aryl methyl sites for hydroxylation is 1. The van der Waals surface area contributed by atoms with Gasteiger partial charge in [0.2, 0.25) is 11.9 Å². The van der Waals surface area contributed by atoms with Crippen LogP contribution in [0.25, 0.3) is 0 Å². The Bertz CT molecular complexity index is 823. The van der Waals surface area contributed by atoms with E-state index in [-0.39, 0.29) is 13.2 Å². The highest BCUT2D eigenvalue weighted by molar-refractivity contribution is 7.81. The Morgan fingerprint density at radius 3 is 1.91 bits per heavy atom. The molecule has 32 heavy (non-hydrogen) atoms. The normalized spacial score (nSPS) is 10.9. The molecule has 0 heterocycles. The lowest BCUT2D eigenvalue weighted by atomic mass is 10.1. The van der Waals surface area contributed by atoms with E-state index < -0.39 is 29.1 Å². The van der Waals surface area contributed by atoms with Crippen LogP contribution in [0.3, 0.4) is 0 Å². The van der Waals surface area contributed by atoms with Gasteiger partial charge in [0, 0.05) is 0 Å². The number of esters is 2. The molecule has 1 atom stereocenters. The predicted molar refractivity (Wildman–Crippen MR) is 126 cm³/mol. The second-order valence-corrected chi connectivity index (χ2v) is 7.29. The Hall–Kier alpha value is -3.00. The number of hydrogen-bond acceptors (Lipinski definition) is 7. The highest BCUT2D eigenvalue weighted by Crippen LogP contribution is 2.10. The van der Waals surface area contributed by atoms with Crippen LogP contribution in [-0.2, 0) is 30.3 Å². The Morgan fingerprint density at radius 2 is 1.44 bits per heavy atom. The van der Waals surface area contributed by atoms with Crippen LogP contribution in [0.15, 0.2) is 54.6 Å². The van der Waals surface area contributed by atoms with Crippen molar-refractivity contribution in [3.05, 3.63) is 65.7 Å². The number of benzene rings is 2. The topological polar surface area (TPSA) is 90.9 Å². The Balaban J connectivity index is 0.000000471. The van der Waals surface area contributed by atoms with E-state index in [0.29, 0.717) is 6.42 Å². The van der Waals surface area contributed by atoms with Gasteiger partial charge in [-0.25, -0.2) is 9.59 Å². The van der Waals surface area contributed by atoms with Crippen molar-refractivity contribution in [1.29, 1.82) is 0 Å². The van der Waals surface area contributed by atoms with Crippen LogP contribution in [0, 0.1) is 6.92 Å². The molecule has 0 saturated carbocycles. The predicted octanol–water partition coefficient (Wildman–Crippen LogP) is 3.14. The van der Waals surface area contributed by atoms with E-state index in [9.17, 15) is 14.4 Å². The number of rotatable bonds is 9. The summed E-state index contributed by atoms with van der Waals surface area (Å²) in [6.45, 7) is 5.47. The van der Waals surface area contributed by atoms with Gasteiger partial charge in [0.05, 0.1) is 25.6 Å². The average molecular weight is 462 g/mol. The van der Waals surface area contributed by atoms with Gasteiger partial charge in [-0.1, -0.05) is 48.0 Å². The minimum absolute atomic E-state index is 0.0962. The molecule has 0 spiro atoms. The Kier molecular flexibility index (Phi) is 12.6.